The number of carbonyl (C=O) groups excluding carboxylic acids is 1. The van der Waals surface area contributed by atoms with Crippen LogP contribution < -0.4 is 10.1 Å². The summed E-state index contributed by atoms with van der Waals surface area (Å²) in [5.41, 5.74) is 0.760. The van der Waals surface area contributed by atoms with Crippen LogP contribution in [0.25, 0.3) is 0 Å². The Balaban J connectivity index is 2.19. The maximum absolute atomic E-state index is 11.5. The van der Waals surface area contributed by atoms with E-state index in [1.54, 1.807) is 0 Å². The summed E-state index contributed by atoms with van der Waals surface area (Å²) in [6.45, 7) is 9.99. The highest BCUT2D eigenvalue weighted by Crippen LogP contribution is 2.13. The van der Waals surface area contributed by atoms with Crippen molar-refractivity contribution in [2.75, 3.05) is 26.4 Å². The minimum Gasteiger partial charge on any atom is -0.491 e. The lowest BCUT2D eigenvalue weighted by Crippen LogP contribution is -2.33. The summed E-state index contributed by atoms with van der Waals surface area (Å²) >= 11 is 0. The Bertz CT molecular complexity index is 451. The van der Waals surface area contributed by atoms with Crippen molar-refractivity contribution < 1.29 is 19.0 Å². The van der Waals surface area contributed by atoms with Gasteiger partial charge in [0.1, 0.15) is 18.0 Å². The highest BCUT2D eigenvalue weighted by molar-refractivity contribution is 5.67. The fourth-order valence-corrected chi connectivity index (χ4v) is 1.91. The molecule has 0 saturated carbocycles. The number of aryl methyl sites for hydroxylation is 1. The molecule has 1 aromatic carbocycles. The van der Waals surface area contributed by atoms with Gasteiger partial charge in [0, 0.05) is 13.2 Å². The normalized spacial score (nSPS) is 11.1. The van der Waals surface area contributed by atoms with E-state index in [4.69, 9.17) is 14.2 Å². The Kier molecular flexibility index (Phi) is 8.48. The highest BCUT2D eigenvalue weighted by atomic mass is 16.6. The van der Waals surface area contributed by atoms with Gasteiger partial charge in [0.15, 0.2) is 0 Å². The molecule has 1 amide bonds. The number of hydrogen-bond donors (Lipinski definition) is 1. The predicted molar refractivity (Wildman–Crippen MR) is 91.0 cm³/mol. The van der Waals surface area contributed by atoms with E-state index in [-0.39, 0.29) is 6.09 Å². The molecule has 0 atom stereocenters. The summed E-state index contributed by atoms with van der Waals surface area (Å²) in [5, 5.41) is 2.76. The summed E-state index contributed by atoms with van der Waals surface area (Å²) in [5.74, 6) is 0.848. The third kappa shape index (κ3) is 9.79. The van der Waals surface area contributed by atoms with E-state index in [0.717, 1.165) is 18.6 Å². The van der Waals surface area contributed by atoms with Crippen molar-refractivity contribution in [1.82, 2.24) is 5.32 Å². The second kappa shape index (κ2) is 10.1. The molecule has 0 aliphatic heterocycles. The molecule has 0 bridgehead atoms. The summed E-state index contributed by atoms with van der Waals surface area (Å²) < 4.78 is 16.0. The number of ether oxygens (including phenoxy) is 3. The zero-order valence-electron chi connectivity index (χ0n) is 14.7. The molecule has 0 saturated heterocycles. The lowest BCUT2D eigenvalue weighted by Gasteiger charge is -2.19. The molecule has 1 aromatic rings. The molecule has 130 valence electrons. The average molecular weight is 323 g/mol. The van der Waals surface area contributed by atoms with Gasteiger partial charge in [-0.1, -0.05) is 12.1 Å². The molecular formula is C18H29NO4. The number of hydrogen-bond acceptors (Lipinski definition) is 4. The molecular weight excluding hydrogens is 294 g/mol. The average Bonchev–Trinajstić information content (AvgIpc) is 2.48. The Hall–Kier alpha value is -1.75. The monoisotopic (exact) mass is 323 g/mol. The Morgan fingerprint density at radius 1 is 1.13 bits per heavy atom. The van der Waals surface area contributed by atoms with Crippen LogP contribution in [0.4, 0.5) is 4.79 Å². The van der Waals surface area contributed by atoms with Crippen molar-refractivity contribution in [3.8, 4) is 5.75 Å². The third-order valence-electron chi connectivity index (χ3n) is 2.93. The lowest BCUT2D eigenvalue weighted by molar-refractivity contribution is 0.0527. The van der Waals surface area contributed by atoms with Crippen LogP contribution in [0.2, 0.25) is 0 Å². The molecule has 0 aliphatic carbocycles. The molecule has 0 spiro atoms. The zero-order chi connectivity index (χ0) is 17.1. The molecule has 5 heteroatoms. The molecule has 1 rings (SSSR count). The first kappa shape index (κ1) is 19.3. The van der Waals surface area contributed by atoms with Crippen molar-refractivity contribution in [3.05, 3.63) is 29.8 Å². The van der Waals surface area contributed by atoms with Crippen molar-refractivity contribution in [1.29, 1.82) is 0 Å². The number of alkyl carbamates (subject to hydrolysis) is 1. The van der Waals surface area contributed by atoms with Gasteiger partial charge in [-0.25, -0.2) is 4.79 Å². The van der Waals surface area contributed by atoms with Crippen LogP contribution in [0.15, 0.2) is 24.3 Å². The number of nitrogens with one attached hydrogen (secondary N) is 1. The van der Waals surface area contributed by atoms with Crippen molar-refractivity contribution >= 4 is 6.09 Å². The number of carbonyl (C=O) groups is 1. The van der Waals surface area contributed by atoms with E-state index < -0.39 is 5.60 Å². The van der Waals surface area contributed by atoms with Crippen molar-refractivity contribution in [3.63, 3.8) is 0 Å². The van der Waals surface area contributed by atoms with Gasteiger partial charge < -0.3 is 19.5 Å². The Morgan fingerprint density at radius 3 is 2.43 bits per heavy atom. The zero-order valence-corrected chi connectivity index (χ0v) is 14.7. The summed E-state index contributed by atoms with van der Waals surface area (Å²) in [6.07, 6.45) is 1.40. The molecule has 0 unspecified atom stereocenters. The van der Waals surface area contributed by atoms with E-state index in [2.05, 4.69) is 5.32 Å². The second-order valence-corrected chi connectivity index (χ2v) is 6.22. The van der Waals surface area contributed by atoms with Crippen LogP contribution in [-0.2, 0) is 15.9 Å². The van der Waals surface area contributed by atoms with Crippen LogP contribution >= 0.6 is 0 Å². The minimum absolute atomic E-state index is 0.365. The topological polar surface area (TPSA) is 56.8 Å². The SMILES string of the molecule is CCOCCOc1ccc(CCCNC(=O)OC(C)(C)C)cc1. The highest BCUT2D eigenvalue weighted by Gasteiger charge is 2.15. The first-order chi connectivity index (χ1) is 10.9. The van der Waals surface area contributed by atoms with Crippen molar-refractivity contribution in [2.45, 2.75) is 46.1 Å². The van der Waals surface area contributed by atoms with E-state index >= 15 is 0 Å². The standard InChI is InChI=1S/C18H29NO4/c1-5-21-13-14-22-16-10-8-15(9-11-16)7-6-12-19-17(20)23-18(2,3)4/h8-11H,5-7,12-14H2,1-4H3,(H,19,20). The van der Waals surface area contributed by atoms with Gasteiger partial charge in [-0.2, -0.15) is 0 Å². The number of amides is 1. The fraction of sp³-hybridized carbons (Fsp3) is 0.611. The smallest absolute Gasteiger partial charge is 0.407 e. The molecule has 0 fully saturated rings. The quantitative estimate of drug-likeness (QED) is 0.706. The predicted octanol–water partition coefficient (Wildman–Crippen LogP) is 3.56. The fourth-order valence-electron chi connectivity index (χ4n) is 1.91. The van der Waals surface area contributed by atoms with E-state index in [9.17, 15) is 4.79 Å². The summed E-state index contributed by atoms with van der Waals surface area (Å²) in [6, 6.07) is 8.01. The summed E-state index contributed by atoms with van der Waals surface area (Å²) in [7, 11) is 0. The van der Waals surface area contributed by atoms with Gasteiger partial charge in [-0.3, -0.25) is 0 Å². The van der Waals surface area contributed by atoms with Crippen LogP contribution in [0.1, 0.15) is 39.7 Å². The maximum atomic E-state index is 11.5. The van der Waals surface area contributed by atoms with Gasteiger partial charge >= 0.3 is 6.09 Å². The molecule has 23 heavy (non-hydrogen) atoms. The molecule has 1 N–H and O–H groups in total. The van der Waals surface area contributed by atoms with Gasteiger partial charge in [0.2, 0.25) is 0 Å². The second-order valence-electron chi connectivity index (χ2n) is 6.22. The van der Waals surface area contributed by atoms with Gasteiger partial charge in [-0.15, -0.1) is 0 Å². The molecule has 5 nitrogen and oxygen atoms in total. The lowest BCUT2D eigenvalue weighted by atomic mass is 10.1. The van der Waals surface area contributed by atoms with Crippen LogP contribution in [0.5, 0.6) is 5.75 Å². The van der Waals surface area contributed by atoms with E-state index in [1.165, 1.54) is 5.56 Å². The Labute approximate surface area is 139 Å². The first-order valence-electron chi connectivity index (χ1n) is 8.17. The summed E-state index contributed by atoms with van der Waals surface area (Å²) in [4.78, 5) is 11.5. The first-order valence-corrected chi connectivity index (χ1v) is 8.17. The van der Waals surface area contributed by atoms with E-state index in [0.29, 0.717) is 26.4 Å². The molecule has 0 aromatic heterocycles. The molecule has 0 heterocycles. The van der Waals surface area contributed by atoms with Crippen LogP contribution in [0.3, 0.4) is 0 Å². The van der Waals surface area contributed by atoms with Crippen molar-refractivity contribution in [2.24, 2.45) is 0 Å². The Morgan fingerprint density at radius 2 is 1.83 bits per heavy atom. The van der Waals surface area contributed by atoms with E-state index in [1.807, 2.05) is 52.0 Å². The number of rotatable bonds is 9. The molecule has 0 aliphatic rings. The van der Waals surface area contributed by atoms with Gasteiger partial charge in [0.25, 0.3) is 0 Å². The minimum atomic E-state index is -0.456. The van der Waals surface area contributed by atoms with Gasteiger partial charge in [-0.05, 0) is 58.2 Å². The maximum Gasteiger partial charge on any atom is 0.407 e. The van der Waals surface area contributed by atoms with Crippen LogP contribution in [0, 0.1) is 0 Å². The molecule has 0 radical (unpaired) electrons. The number of benzene rings is 1. The van der Waals surface area contributed by atoms with Gasteiger partial charge in [0.05, 0.1) is 6.61 Å². The van der Waals surface area contributed by atoms with Crippen LogP contribution in [-0.4, -0.2) is 38.1 Å². The third-order valence-corrected chi connectivity index (χ3v) is 2.93. The largest absolute Gasteiger partial charge is 0.491 e.